The van der Waals surface area contributed by atoms with Crippen molar-refractivity contribution in [1.29, 1.82) is 0 Å². The van der Waals surface area contributed by atoms with Gasteiger partial charge in [0.1, 0.15) is 22.8 Å². The lowest BCUT2D eigenvalue weighted by atomic mass is 10.1. The number of hydrogen-bond donors (Lipinski definition) is 2. The third-order valence-electron chi connectivity index (χ3n) is 7.24. The Morgan fingerprint density at radius 2 is 1.55 bits per heavy atom. The first-order valence-corrected chi connectivity index (χ1v) is 16.6. The first-order valence-electron chi connectivity index (χ1n) is 15.1. The van der Waals surface area contributed by atoms with E-state index >= 15 is 0 Å². The van der Waals surface area contributed by atoms with Gasteiger partial charge in [0.2, 0.25) is 15.9 Å². The second-order valence-electron chi connectivity index (χ2n) is 12.0. The van der Waals surface area contributed by atoms with Gasteiger partial charge in [-0.2, -0.15) is 0 Å². The highest BCUT2D eigenvalue weighted by atomic mass is 32.2. The van der Waals surface area contributed by atoms with Crippen molar-refractivity contribution in [2.24, 2.45) is 0 Å². The van der Waals surface area contributed by atoms with Gasteiger partial charge in [-0.3, -0.25) is 0 Å². The van der Waals surface area contributed by atoms with Gasteiger partial charge in [-0.15, -0.1) is 5.10 Å². The van der Waals surface area contributed by atoms with Crippen molar-refractivity contribution in [2.75, 3.05) is 12.4 Å². The molecule has 0 atom stereocenters. The summed E-state index contributed by atoms with van der Waals surface area (Å²) in [7, 11) is -2.46. The topological polar surface area (TPSA) is 120 Å². The minimum atomic E-state index is -4.06. The Balaban J connectivity index is 1.43. The summed E-state index contributed by atoms with van der Waals surface area (Å²) in [5.74, 6) is 1.57. The molecule has 0 aliphatic heterocycles. The van der Waals surface area contributed by atoms with E-state index in [1.54, 1.807) is 32.4 Å². The Morgan fingerprint density at radius 1 is 0.851 bits per heavy atom. The fourth-order valence-electron chi connectivity index (χ4n) is 5.09. The molecule has 11 heteroatoms. The highest BCUT2D eigenvalue weighted by molar-refractivity contribution is 7.89. The molecule has 0 radical (unpaired) electrons. The van der Waals surface area contributed by atoms with Gasteiger partial charge in [0.25, 0.3) is 0 Å². The van der Waals surface area contributed by atoms with Gasteiger partial charge in [0.05, 0.1) is 7.11 Å². The van der Waals surface area contributed by atoms with Crippen LogP contribution in [0, 0.1) is 0 Å². The summed E-state index contributed by atoms with van der Waals surface area (Å²) in [6.07, 6.45) is 3.40. The number of hydrogen-bond acceptors (Lipinski definition) is 8. The molecule has 0 fully saturated rings. The van der Waals surface area contributed by atoms with Crippen LogP contribution in [0.5, 0.6) is 11.6 Å². The molecule has 0 saturated carbocycles. The van der Waals surface area contributed by atoms with E-state index in [4.69, 9.17) is 19.6 Å². The zero-order valence-corrected chi connectivity index (χ0v) is 27.5. The van der Waals surface area contributed by atoms with E-state index in [0.29, 0.717) is 29.5 Å². The molecule has 6 rings (SSSR count). The predicted octanol–water partition coefficient (Wildman–Crippen LogP) is 6.73. The van der Waals surface area contributed by atoms with Crippen molar-refractivity contribution in [3.8, 4) is 34.1 Å². The van der Waals surface area contributed by atoms with E-state index in [1.807, 2.05) is 97.2 Å². The van der Waals surface area contributed by atoms with Crippen LogP contribution in [-0.2, 0) is 23.2 Å². The molecule has 3 aromatic carbocycles. The van der Waals surface area contributed by atoms with E-state index in [-0.39, 0.29) is 17.4 Å². The Bertz CT molecular complexity index is 2090. The summed E-state index contributed by atoms with van der Waals surface area (Å²) in [4.78, 5) is 9.30. The van der Waals surface area contributed by atoms with Gasteiger partial charge in [0.15, 0.2) is 11.6 Å². The first kappa shape index (κ1) is 31.7. The molecule has 3 heterocycles. The van der Waals surface area contributed by atoms with E-state index in [9.17, 15) is 8.42 Å². The number of rotatable bonds is 11. The molecule has 0 aliphatic rings. The fraction of sp³-hybridized carbons (Fsp3) is 0.194. The minimum absolute atomic E-state index is 0.0304. The number of nitrogens with zero attached hydrogens (tertiary/aromatic N) is 4. The fourth-order valence-corrected chi connectivity index (χ4v) is 6.63. The van der Waals surface area contributed by atoms with E-state index in [2.05, 4.69) is 15.0 Å². The lowest BCUT2D eigenvalue weighted by Gasteiger charge is -2.21. The number of ether oxygens (including phenoxy) is 2. The number of aromatic nitrogens is 4. The van der Waals surface area contributed by atoms with Crippen LogP contribution in [-0.4, -0.2) is 40.6 Å². The number of sulfonamides is 1. The van der Waals surface area contributed by atoms with Gasteiger partial charge in [0, 0.05) is 35.6 Å². The molecule has 3 aromatic heterocycles. The molecule has 0 spiro atoms. The van der Waals surface area contributed by atoms with Crippen molar-refractivity contribution in [3.05, 3.63) is 121 Å². The van der Waals surface area contributed by atoms with Crippen molar-refractivity contribution >= 4 is 21.4 Å². The van der Waals surface area contributed by atoms with Crippen LogP contribution >= 0.6 is 0 Å². The van der Waals surface area contributed by atoms with Crippen LogP contribution in [0.4, 0.5) is 5.82 Å². The lowest BCUT2D eigenvalue weighted by Crippen LogP contribution is -2.40. The third-order valence-corrected chi connectivity index (χ3v) is 8.99. The predicted molar refractivity (Wildman–Crippen MR) is 183 cm³/mol. The zero-order valence-electron chi connectivity index (χ0n) is 26.6. The summed E-state index contributed by atoms with van der Waals surface area (Å²) in [5, 5.41) is 8.29. The molecule has 0 saturated heterocycles. The van der Waals surface area contributed by atoms with Crippen molar-refractivity contribution in [2.45, 2.75) is 44.4 Å². The summed E-state index contributed by atoms with van der Waals surface area (Å²) in [6, 6.07) is 30.9. The molecule has 2 N–H and O–H groups in total. The minimum Gasteiger partial charge on any atom is -0.497 e. The van der Waals surface area contributed by atoms with Crippen LogP contribution in [0.2, 0.25) is 0 Å². The SMILES string of the molecule is COc1ccc(COc2ncc(-c3nc(NCc4ccccc4)c4c(-c5ccccc5)ccn4n3)cc2S(=O)(=O)NC(C)(C)C)cc1. The zero-order chi connectivity index (χ0) is 33.0. The van der Waals surface area contributed by atoms with Crippen molar-refractivity contribution in [1.82, 2.24) is 24.3 Å². The van der Waals surface area contributed by atoms with Crippen LogP contribution in [0.3, 0.4) is 0 Å². The van der Waals surface area contributed by atoms with Crippen LogP contribution < -0.4 is 19.5 Å². The van der Waals surface area contributed by atoms with E-state index < -0.39 is 15.6 Å². The number of nitrogens with one attached hydrogen (secondary N) is 2. The Hall–Kier alpha value is -5.26. The molecule has 6 aromatic rings. The van der Waals surface area contributed by atoms with Crippen LogP contribution in [0.25, 0.3) is 28.0 Å². The number of benzene rings is 3. The summed E-state index contributed by atoms with van der Waals surface area (Å²) < 4.78 is 43.2. The highest BCUT2D eigenvalue weighted by Crippen LogP contribution is 2.33. The number of anilines is 1. The summed E-state index contributed by atoms with van der Waals surface area (Å²) in [5.41, 5.74) is 4.36. The molecule has 0 bridgehead atoms. The molecule has 0 unspecified atom stereocenters. The van der Waals surface area contributed by atoms with Gasteiger partial charge in [-0.25, -0.2) is 27.6 Å². The van der Waals surface area contributed by atoms with Crippen LogP contribution in [0.15, 0.2) is 114 Å². The van der Waals surface area contributed by atoms with Gasteiger partial charge in [-0.1, -0.05) is 72.8 Å². The smallest absolute Gasteiger partial charge is 0.246 e. The summed E-state index contributed by atoms with van der Waals surface area (Å²) in [6.45, 7) is 5.96. The molecule has 10 nitrogen and oxygen atoms in total. The molecular weight excluding hydrogens is 613 g/mol. The quantitative estimate of drug-likeness (QED) is 0.159. The lowest BCUT2D eigenvalue weighted by molar-refractivity contribution is 0.284. The molecule has 47 heavy (non-hydrogen) atoms. The van der Waals surface area contributed by atoms with E-state index in [1.165, 1.54) is 12.3 Å². The largest absolute Gasteiger partial charge is 0.497 e. The average molecular weight is 649 g/mol. The third kappa shape index (κ3) is 7.43. The highest BCUT2D eigenvalue weighted by Gasteiger charge is 2.28. The van der Waals surface area contributed by atoms with Crippen LogP contribution in [0.1, 0.15) is 31.9 Å². The number of pyridine rings is 1. The van der Waals surface area contributed by atoms with Crippen molar-refractivity contribution in [3.63, 3.8) is 0 Å². The number of fused-ring (bicyclic) bond motifs is 1. The van der Waals surface area contributed by atoms with Gasteiger partial charge >= 0.3 is 0 Å². The van der Waals surface area contributed by atoms with E-state index in [0.717, 1.165) is 27.8 Å². The first-order chi connectivity index (χ1) is 22.6. The maximum Gasteiger partial charge on any atom is 0.246 e. The Kier molecular flexibility index (Phi) is 8.93. The average Bonchev–Trinajstić information content (AvgIpc) is 3.51. The molecule has 0 amide bonds. The van der Waals surface area contributed by atoms with Crippen molar-refractivity contribution < 1.29 is 17.9 Å². The van der Waals surface area contributed by atoms with Gasteiger partial charge < -0.3 is 14.8 Å². The standard InChI is InChI=1S/C36H36N6O4S/c1-36(2,3)41-47(43,44)31-21-28(23-38-35(31)46-24-26-15-17-29(45-4)18-16-26)33-39-34(37-22-25-11-7-5-8-12-25)32-30(19-20-42(32)40-33)27-13-9-6-10-14-27/h5-21,23,41H,22,24H2,1-4H3,(H,37,39,40). The Morgan fingerprint density at radius 3 is 2.23 bits per heavy atom. The summed E-state index contributed by atoms with van der Waals surface area (Å²) >= 11 is 0. The molecule has 240 valence electrons. The maximum atomic E-state index is 13.7. The van der Waals surface area contributed by atoms with Gasteiger partial charge in [-0.05, 0) is 61.7 Å². The second-order valence-corrected chi connectivity index (χ2v) is 13.7. The monoisotopic (exact) mass is 648 g/mol. The number of methoxy groups -OCH3 is 1. The second kappa shape index (κ2) is 13.2. The molecule has 0 aliphatic carbocycles. The maximum absolute atomic E-state index is 13.7. The normalized spacial score (nSPS) is 11.8. The molecular formula is C36H36N6O4S. The Labute approximate surface area is 274 Å².